The lowest BCUT2D eigenvalue weighted by atomic mass is 9.77. The van der Waals surface area contributed by atoms with E-state index in [1.807, 2.05) is 26.8 Å². The number of carbonyl (C=O) groups excluding carboxylic acids is 2. The van der Waals surface area contributed by atoms with Gasteiger partial charge in [0.2, 0.25) is 0 Å². The van der Waals surface area contributed by atoms with Crippen LogP contribution in [0.3, 0.4) is 0 Å². The Morgan fingerprint density at radius 1 is 1.00 bits per heavy atom. The summed E-state index contributed by atoms with van der Waals surface area (Å²) < 4.78 is 58.3. The van der Waals surface area contributed by atoms with Crippen LogP contribution in [0.4, 0.5) is 13.2 Å². The minimum Gasteiger partial charge on any atom is -0.469 e. The van der Waals surface area contributed by atoms with Gasteiger partial charge < -0.3 is 19.3 Å². The fraction of sp³-hybridized carbons (Fsp3) is 0.655. The normalized spacial score (nSPS) is 17.7. The fourth-order valence-corrected chi connectivity index (χ4v) is 4.72. The van der Waals surface area contributed by atoms with Crippen molar-refractivity contribution in [2.45, 2.75) is 96.1 Å². The average Bonchev–Trinajstić information content (AvgIpc) is 2.89. The number of alkyl halides is 3. The molecule has 9 heteroatoms. The Bertz CT molecular complexity index is 888. The number of allylic oxidation sites excluding steroid dienone is 2. The molecule has 1 aromatic rings. The van der Waals surface area contributed by atoms with Crippen LogP contribution < -0.4 is 0 Å². The highest BCUT2D eigenvalue weighted by Gasteiger charge is 2.64. The molecule has 0 bridgehead atoms. The lowest BCUT2D eigenvalue weighted by Crippen LogP contribution is -2.53. The van der Waals surface area contributed by atoms with Gasteiger partial charge in [0.25, 0.3) is 5.60 Å². The van der Waals surface area contributed by atoms with Crippen molar-refractivity contribution >= 4 is 11.9 Å². The van der Waals surface area contributed by atoms with Crippen molar-refractivity contribution in [1.82, 2.24) is 0 Å². The maximum Gasteiger partial charge on any atom is 0.432 e. The summed E-state index contributed by atoms with van der Waals surface area (Å²) in [5, 5.41) is 11.5. The third-order valence-electron chi connectivity index (χ3n) is 7.19. The summed E-state index contributed by atoms with van der Waals surface area (Å²) in [5.74, 6) is -2.94. The van der Waals surface area contributed by atoms with Crippen molar-refractivity contribution in [2.75, 3.05) is 14.2 Å². The van der Waals surface area contributed by atoms with Crippen LogP contribution in [0.5, 0.6) is 0 Å². The Morgan fingerprint density at radius 3 is 2.08 bits per heavy atom. The van der Waals surface area contributed by atoms with E-state index < -0.39 is 53.3 Å². The van der Waals surface area contributed by atoms with E-state index >= 15 is 0 Å². The molecule has 0 saturated carbocycles. The summed E-state index contributed by atoms with van der Waals surface area (Å²) in [7, 11) is 1.94. The second kappa shape index (κ2) is 15.3. The van der Waals surface area contributed by atoms with Crippen LogP contribution in [0.15, 0.2) is 42.5 Å². The number of benzene rings is 1. The van der Waals surface area contributed by atoms with Crippen molar-refractivity contribution in [3.8, 4) is 0 Å². The first-order valence-corrected chi connectivity index (χ1v) is 13.2. The fourth-order valence-electron chi connectivity index (χ4n) is 4.72. The third kappa shape index (κ3) is 8.56. The van der Waals surface area contributed by atoms with E-state index in [0.717, 1.165) is 39.2 Å². The molecular formula is C29H43F3O6. The number of hydrogen-bond donors (Lipinski definition) is 1. The Kier molecular flexibility index (Phi) is 13.5. The first-order chi connectivity index (χ1) is 17.9. The number of aliphatic hydroxyl groups is 1. The average molecular weight is 545 g/mol. The molecule has 1 aromatic carbocycles. The smallest absolute Gasteiger partial charge is 0.432 e. The highest BCUT2D eigenvalue weighted by atomic mass is 19.4. The SMILES string of the molecule is CC/C=C/[C@H](CC)C[C@@](O)(CC)C[C@@H](CC)[C@H](CC(=O)OC)OC(=O)[C@](OC)(c1ccccc1)C(F)(F)F. The molecule has 0 aromatic heterocycles. The van der Waals surface area contributed by atoms with Crippen LogP contribution in [0.1, 0.15) is 78.2 Å². The van der Waals surface area contributed by atoms with Crippen LogP contribution in [0.2, 0.25) is 0 Å². The van der Waals surface area contributed by atoms with Crippen molar-refractivity contribution in [3.63, 3.8) is 0 Å². The van der Waals surface area contributed by atoms with Gasteiger partial charge in [0, 0.05) is 12.7 Å². The second-order valence-electron chi connectivity index (χ2n) is 9.63. The molecule has 0 aliphatic carbocycles. The Labute approximate surface area is 224 Å². The molecular weight excluding hydrogens is 501 g/mol. The molecule has 0 heterocycles. The maximum atomic E-state index is 14.4. The molecule has 1 N–H and O–H groups in total. The quantitative estimate of drug-likeness (QED) is 0.189. The summed E-state index contributed by atoms with van der Waals surface area (Å²) in [6.07, 6.45) is 0.157. The van der Waals surface area contributed by atoms with Gasteiger partial charge in [-0.2, -0.15) is 13.2 Å². The topological polar surface area (TPSA) is 82.1 Å². The van der Waals surface area contributed by atoms with Gasteiger partial charge in [-0.1, -0.05) is 70.2 Å². The molecule has 0 radical (unpaired) electrons. The van der Waals surface area contributed by atoms with Gasteiger partial charge >= 0.3 is 18.1 Å². The second-order valence-corrected chi connectivity index (χ2v) is 9.63. The number of halogens is 3. The number of methoxy groups -OCH3 is 2. The molecule has 38 heavy (non-hydrogen) atoms. The zero-order chi connectivity index (χ0) is 29.0. The van der Waals surface area contributed by atoms with E-state index in [4.69, 9.17) is 14.2 Å². The van der Waals surface area contributed by atoms with Gasteiger partial charge in [0.05, 0.1) is 19.1 Å². The Balaban J connectivity index is 3.43. The van der Waals surface area contributed by atoms with E-state index in [2.05, 4.69) is 6.08 Å². The monoisotopic (exact) mass is 544 g/mol. The predicted octanol–water partition coefficient (Wildman–Crippen LogP) is 6.51. The summed E-state index contributed by atoms with van der Waals surface area (Å²) in [6.45, 7) is 7.65. The lowest BCUT2D eigenvalue weighted by Gasteiger charge is -2.38. The third-order valence-corrected chi connectivity index (χ3v) is 7.19. The van der Waals surface area contributed by atoms with Gasteiger partial charge in [-0.3, -0.25) is 4.79 Å². The first-order valence-electron chi connectivity index (χ1n) is 13.2. The number of hydrogen-bond acceptors (Lipinski definition) is 6. The zero-order valence-corrected chi connectivity index (χ0v) is 23.3. The molecule has 0 saturated heterocycles. The van der Waals surface area contributed by atoms with E-state index in [-0.39, 0.29) is 12.3 Å². The molecule has 216 valence electrons. The number of rotatable bonds is 16. The number of esters is 2. The molecule has 0 fully saturated rings. The van der Waals surface area contributed by atoms with Crippen LogP contribution in [0, 0.1) is 11.8 Å². The summed E-state index contributed by atoms with van der Waals surface area (Å²) in [5.41, 5.74) is -5.01. The molecule has 5 atom stereocenters. The minimum atomic E-state index is -5.15. The minimum absolute atomic E-state index is 0.100. The van der Waals surface area contributed by atoms with Crippen LogP contribution in [-0.2, 0) is 29.4 Å². The highest BCUT2D eigenvalue weighted by Crippen LogP contribution is 2.44. The van der Waals surface area contributed by atoms with Gasteiger partial charge in [-0.15, -0.1) is 0 Å². The predicted molar refractivity (Wildman–Crippen MR) is 139 cm³/mol. The Morgan fingerprint density at radius 2 is 1.63 bits per heavy atom. The molecule has 6 nitrogen and oxygen atoms in total. The van der Waals surface area contributed by atoms with Gasteiger partial charge in [-0.25, -0.2) is 4.79 Å². The molecule has 0 aliphatic rings. The standard InChI is InChI=1S/C29H43F3O6/c1-7-11-15-21(8-2)19-27(35,10-4)20-22(9-3)24(18-25(33)36-5)38-26(34)28(37-6,29(30,31)32)23-16-13-12-14-17-23/h11-17,21-22,24,35H,7-10,18-20H2,1-6H3/b15-11+/t21-,22+,24-,27-,28+/m0/s1. The summed E-state index contributed by atoms with van der Waals surface area (Å²) >= 11 is 0. The molecule has 0 amide bonds. The van der Waals surface area contributed by atoms with E-state index in [9.17, 15) is 27.9 Å². The zero-order valence-electron chi connectivity index (χ0n) is 23.3. The molecule has 1 rings (SSSR count). The van der Waals surface area contributed by atoms with E-state index in [1.165, 1.54) is 18.2 Å². The highest BCUT2D eigenvalue weighted by molar-refractivity contribution is 5.83. The van der Waals surface area contributed by atoms with Gasteiger partial charge in [-0.05, 0) is 50.4 Å². The van der Waals surface area contributed by atoms with Crippen LogP contribution in [-0.4, -0.2) is 49.1 Å². The maximum absolute atomic E-state index is 14.4. The van der Waals surface area contributed by atoms with Crippen molar-refractivity contribution in [3.05, 3.63) is 48.0 Å². The Hall–Kier alpha value is -2.39. The van der Waals surface area contributed by atoms with E-state index in [1.54, 1.807) is 6.92 Å². The molecule has 0 unspecified atom stereocenters. The lowest BCUT2D eigenvalue weighted by molar-refractivity contribution is -0.279. The summed E-state index contributed by atoms with van der Waals surface area (Å²) in [4.78, 5) is 25.6. The van der Waals surface area contributed by atoms with Crippen LogP contribution in [0.25, 0.3) is 0 Å². The number of carbonyl (C=O) groups is 2. The van der Waals surface area contributed by atoms with Gasteiger partial charge in [0.1, 0.15) is 6.10 Å². The van der Waals surface area contributed by atoms with Crippen molar-refractivity contribution in [1.29, 1.82) is 0 Å². The van der Waals surface area contributed by atoms with Crippen molar-refractivity contribution in [2.24, 2.45) is 11.8 Å². The van der Waals surface area contributed by atoms with Crippen molar-refractivity contribution < 1.29 is 42.1 Å². The van der Waals surface area contributed by atoms with Crippen LogP contribution >= 0.6 is 0 Å². The molecule has 0 aliphatic heterocycles. The van der Waals surface area contributed by atoms with Gasteiger partial charge in [0.15, 0.2) is 0 Å². The largest absolute Gasteiger partial charge is 0.469 e. The number of ether oxygens (including phenoxy) is 3. The first kappa shape index (κ1) is 33.6. The summed E-state index contributed by atoms with van der Waals surface area (Å²) in [6, 6.07) is 6.51. The van der Waals surface area contributed by atoms with E-state index in [0.29, 0.717) is 19.3 Å². The molecule has 0 spiro atoms.